The molecule has 17 heavy (non-hydrogen) atoms. The molecule has 0 atom stereocenters. The Bertz CT molecular complexity index is 348. The lowest BCUT2D eigenvalue weighted by Crippen LogP contribution is -2.25. The molecular formula is C10H19N3O4. The van der Waals surface area contributed by atoms with Gasteiger partial charge in [0.2, 0.25) is 0 Å². The molecule has 0 amide bonds. The third-order valence-electron chi connectivity index (χ3n) is 1.55. The van der Waals surface area contributed by atoms with Gasteiger partial charge in [0, 0.05) is 0 Å². The van der Waals surface area contributed by atoms with Gasteiger partial charge in [0.15, 0.2) is 0 Å². The van der Waals surface area contributed by atoms with Gasteiger partial charge < -0.3 is 37.8 Å². The Hall–Kier alpha value is -1.96. The lowest BCUT2D eigenvalue weighted by molar-refractivity contribution is -0.255. The van der Waals surface area contributed by atoms with Crippen LogP contribution < -0.4 is 28.2 Å². The molecule has 0 bridgehead atoms. The smallest absolute Gasteiger partial charge is 0.0715 e. The number of aryl methyl sites for hydroxylation is 1. The molecule has 0 saturated carbocycles. The minimum atomic E-state index is -1.40. The molecule has 0 saturated heterocycles. The van der Waals surface area contributed by atoms with Gasteiger partial charge in [-0.25, -0.2) is 0 Å². The van der Waals surface area contributed by atoms with E-state index in [0.29, 0.717) is 5.56 Å². The second-order valence-corrected chi connectivity index (χ2v) is 2.66. The van der Waals surface area contributed by atoms with Crippen LogP contribution in [0, 0.1) is 6.92 Å². The average molecular weight is 245 g/mol. The predicted molar refractivity (Wildman–Crippen MR) is 61.9 cm³/mol. The number of hydrogen-bond donors (Lipinski definition) is 3. The molecule has 0 aliphatic heterocycles. The first-order valence-electron chi connectivity index (χ1n) is 4.13. The first-order chi connectivity index (χ1) is 7.00. The first kappa shape index (κ1) is 20.5. The highest BCUT2D eigenvalue weighted by Gasteiger charge is 1.99. The van der Waals surface area contributed by atoms with Crippen molar-refractivity contribution in [3.63, 3.8) is 0 Å². The van der Waals surface area contributed by atoms with Gasteiger partial charge in [-0.3, -0.25) is 0 Å². The lowest BCUT2D eigenvalue weighted by Gasteiger charge is -2.08. The predicted octanol–water partition coefficient (Wildman–Crippen LogP) is -0.951. The highest BCUT2D eigenvalue weighted by atomic mass is 16.4. The molecule has 1 rings (SSSR count). The van der Waals surface area contributed by atoms with Gasteiger partial charge in [-0.05, 0) is 36.7 Å². The standard InChI is InChI=1S/C9H8O4.CH5N.2H3N/c1-5-2-6(8(10)11)4-7(3-5)9(12)13;1-2;;/h2-4H,1H3,(H,10,11)(H,12,13);2H2,1H3;2*1H3. The van der Waals surface area contributed by atoms with Crippen LogP contribution in [0.1, 0.15) is 26.3 Å². The quantitative estimate of drug-likeness (QED) is 0.606. The van der Waals surface area contributed by atoms with Crippen LogP contribution in [0.5, 0.6) is 0 Å². The van der Waals surface area contributed by atoms with E-state index in [0.717, 1.165) is 6.07 Å². The van der Waals surface area contributed by atoms with Crippen molar-refractivity contribution < 1.29 is 19.8 Å². The van der Waals surface area contributed by atoms with Crippen molar-refractivity contribution in [3.05, 3.63) is 34.9 Å². The Morgan fingerprint density at radius 2 is 1.24 bits per heavy atom. The van der Waals surface area contributed by atoms with Crippen molar-refractivity contribution >= 4 is 11.9 Å². The minimum absolute atomic E-state index is 0. The molecule has 0 heterocycles. The maximum Gasteiger partial charge on any atom is 0.0715 e. The molecule has 0 fully saturated rings. The van der Waals surface area contributed by atoms with Crippen molar-refractivity contribution in [2.45, 2.75) is 6.92 Å². The number of benzene rings is 1. The molecule has 7 nitrogen and oxygen atoms in total. The second-order valence-electron chi connectivity index (χ2n) is 2.66. The molecular weight excluding hydrogens is 226 g/mol. The Labute approximate surface area is 99.4 Å². The van der Waals surface area contributed by atoms with Gasteiger partial charge in [0.1, 0.15) is 0 Å². The summed E-state index contributed by atoms with van der Waals surface area (Å²) < 4.78 is 0. The van der Waals surface area contributed by atoms with Crippen LogP contribution >= 0.6 is 0 Å². The summed E-state index contributed by atoms with van der Waals surface area (Å²) in [5.41, 5.74) is 4.74. The van der Waals surface area contributed by atoms with Crippen LogP contribution in [0.3, 0.4) is 0 Å². The van der Waals surface area contributed by atoms with Crippen molar-refractivity contribution in [2.75, 3.05) is 7.05 Å². The van der Waals surface area contributed by atoms with Crippen molar-refractivity contribution in [1.82, 2.24) is 12.3 Å². The summed E-state index contributed by atoms with van der Waals surface area (Å²) in [6.07, 6.45) is 0. The number of aromatic carboxylic acids is 2. The molecule has 0 aliphatic rings. The molecule has 7 heteroatoms. The molecule has 0 aliphatic carbocycles. The maximum absolute atomic E-state index is 10.4. The van der Waals surface area contributed by atoms with Gasteiger partial charge in [-0.2, -0.15) is 0 Å². The van der Waals surface area contributed by atoms with E-state index in [1.807, 2.05) is 0 Å². The fourth-order valence-electron chi connectivity index (χ4n) is 1.02. The third kappa shape index (κ3) is 6.25. The van der Waals surface area contributed by atoms with Crippen LogP contribution in [0.15, 0.2) is 18.2 Å². The van der Waals surface area contributed by atoms with Crippen LogP contribution in [0.25, 0.3) is 0 Å². The molecule has 0 unspecified atom stereocenters. The zero-order valence-electron chi connectivity index (χ0n) is 10.4. The van der Waals surface area contributed by atoms with Crippen LogP contribution in [-0.2, 0) is 0 Å². The first-order valence-corrected chi connectivity index (χ1v) is 4.13. The third-order valence-corrected chi connectivity index (χ3v) is 1.55. The van der Waals surface area contributed by atoms with E-state index in [2.05, 4.69) is 5.73 Å². The zero-order valence-corrected chi connectivity index (χ0v) is 10.4. The van der Waals surface area contributed by atoms with Crippen LogP contribution in [-0.4, -0.2) is 19.0 Å². The van der Waals surface area contributed by atoms with Gasteiger partial charge in [-0.15, -0.1) is 0 Å². The molecule has 0 spiro atoms. The Morgan fingerprint density at radius 1 is 0.941 bits per heavy atom. The lowest BCUT2D eigenvalue weighted by atomic mass is 10.1. The minimum Gasteiger partial charge on any atom is -0.545 e. The van der Waals surface area contributed by atoms with Gasteiger partial charge >= 0.3 is 0 Å². The number of nitrogens with two attached hydrogens (primary N) is 1. The number of quaternary nitrogens is 2. The van der Waals surface area contributed by atoms with Crippen LogP contribution in [0.4, 0.5) is 0 Å². The topological polar surface area (TPSA) is 179 Å². The fourth-order valence-corrected chi connectivity index (χ4v) is 1.02. The molecule has 98 valence electrons. The van der Waals surface area contributed by atoms with E-state index in [1.165, 1.54) is 19.2 Å². The summed E-state index contributed by atoms with van der Waals surface area (Å²) in [4.78, 5) is 20.8. The number of carbonyl (C=O) groups excluding carboxylic acids is 2. The zero-order chi connectivity index (χ0) is 12.0. The maximum atomic E-state index is 10.4. The van der Waals surface area contributed by atoms with E-state index < -0.39 is 11.9 Å². The summed E-state index contributed by atoms with van der Waals surface area (Å²) in [5, 5.41) is 20.8. The number of rotatable bonds is 2. The SMILES string of the molecule is CN.Cc1cc(C(=O)[O-])cc(C(=O)[O-])c1.[NH4+].[NH4+]. The summed E-state index contributed by atoms with van der Waals surface area (Å²) >= 11 is 0. The number of carboxylic acids is 2. The van der Waals surface area contributed by atoms with Crippen molar-refractivity contribution in [2.24, 2.45) is 5.73 Å². The van der Waals surface area contributed by atoms with E-state index >= 15 is 0 Å². The summed E-state index contributed by atoms with van der Waals surface area (Å²) in [6, 6.07) is 3.68. The Kier molecular flexibility index (Phi) is 11.2. The van der Waals surface area contributed by atoms with E-state index in [1.54, 1.807) is 6.92 Å². The Balaban J connectivity index is -0.000000464. The summed E-state index contributed by atoms with van der Waals surface area (Å²) in [7, 11) is 1.50. The highest BCUT2D eigenvalue weighted by Crippen LogP contribution is 2.08. The fraction of sp³-hybridized carbons (Fsp3) is 0.200. The van der Waals surface area contributed by atoms with Gasteiger partial charge in [0.25, 0.3) is 0 Å². The average Bonchev–Trinajstić information content (AvgIpc) is 2.19. The molecule has 1 aromatic rings. The van der Waals surface area contributed by atoms with Crippen molar-refractivity contribution in [1.29, 1.82) is 0 Å². The number of carboxylic acid groups (broad SMARTS) is 2. The number of carbonyl (C=O) groups is 2. The Morgan fingerprint density at radius 3 is 1.47 bits per heavy atom. The summed E-state index contributed by atoms with van der Waals surface area (Å²) in [6.45, 7) is 1.60. The molecule has 0 aromatic heterocycles. The van der Waals surface area contributed by atoms with Crippen LogP contribution in [0.2, 0.25) is 0 Å². The number of hydrogen-bond acceptors (Lipinski definition) is 5. The van der Waals surface area contributed by atoms with Gasteiger partial charge in [-0.1, -0.05) is 12.1 Å². The van der Waals surface area contributed by atoms with E-state index in [4.69, 9.17) is 0 Å². The van der Waals surface area contributed by atoms with E-state index in [-0.39, 0.29) is 23.4 Å². The highest BCUT2D eigenvalue weighted by molar-refractivity contribution is 5.92. The van der Waals surface area contributed by atoms with Gasteiger partial charge in [0.05, 0.1) is 11.9 Å². The molecule has 0 radical (unpaired) electrons. The van der Waals surface area contributed by atoms with Crippen molar-refractivity contribution in [3.8, 4) is 0 Å². The summed E-state index contributed by atoms with van der Waals surface area (Å²) in [5.74, 6) is -2.79. The second kappa shape index (κ2) is 9.28. The normalized spacial score (nSPS) is 7.71. The van der Waals surface area contributed by atoms with E-state index in [9.17, 15) is 19.8 Å². The molecule has 10 N–H and O–H groups in total. The largest absolute Gasteiger partial charge is 0.545 e. The molecule has 1 aromatic carbocycles. The monoisotopic (exact) mass is 245 g/mol.